The third kappa shape index (κ3) is 3.00. The average molecular weight is 256 g/mol. The van der Waals surface area contributed by atoms with Gasteiger partial charge < -0.3 is 5.32 Å². The first-order valence-electron chi connectivity index (χ1n) is 5.09. The van der Waals surface area contributed by atoms with E-state index in [2.05, 4.69) is 5.32 Å². The van der Waals surface area contributed by atoms with Crippen LogP contribution >= 0.6 is 23.2 Å². The molecule has 0 radical (unpaired) electrons. The fraction of sp³-hybridized carbons (Fsp3) is 0.250. The highest BCUT2D eigenvalue weighted by Gasteiger charge is 2.22. The SMILES string of the molecule is O=C(/C=C\c1c(Cl)cccc1Cl)NC1CC1. The van der Waals surface area contributed by atoms with Gasteiger partial charge in [0.05, 0.1) is 0 Å². The highest BCUT2D eigenvalue weighted by atomic mass is 35.5. The van der Waals surface area contributed by atoms with Crippen molar-refractivity contribution in [2.24, 2.45) is 0 Å². The number of nitrogens with one attached hydrogen (secondary N) is 1. The number of halogens is 2. The summed E-state index contributed by atoms with van der Waals surface area (Å²) in [7, 11) is 0. The van der Waals surface area contributed by atoms with Crippen molar-refractivity contribution >= 4 is 35.2 Å². The minimum absolute atomic E-state index is 0.0986. The zero-order chi connectivity index (χ0) is 11.5. The first-order valence-corrected chi connectivity index (χ1v) is 5.85. The molecule has 2 rings (SSSR count). The molecule has 1 aromatic rings. The molecule has 1 amide bonds. The number of hydrogen-bond acceptors (Lipinski definition) is 1. The second-order valence-corrected chi connectivity index (χ2v) is 4.57. The molecule has 0 saturated heterocycles. The highest BCUT2D eigenvalue weighted by Crippen LogP contribution is 2.25. The van der Waals surface area contributed by atoms with Gasteiger partial charge in [-0.3, -0.25) is 4.79 Å². The van der Waals surface area contributed by atoms with Crippen molar-refractivity contribution in [1.29, 1.82) is 0 Å². The van der Waals surface area contributed by atoms with E-state index in [4.69, 9.17) is 23.2 Å². The van der Waals surface area contributed by atoms with Gasteiger partial charge in [0, 0.05) is 27.7 Å². The van der Waals surface area contributed by atoms with Crippen LogP contribution < -0.4 is 5.32 Å². The normalized spacial score (nSPS) is 15.4. The van der Waals surface area contributed by atoms with Crippen molar-refractivity contribution < 1.29 is 4.79 Å². The third-order valence-corrected chi connectivity index (χ3v) is 2.98. The Kier molecular flexibility index (Phi) is 3.52. The van der Waals surface area contributed by atoms with Crippen LogP contribution in [0.3, 0.4) is 0 Å². The van der Waals surface area contributed by atoms with Gasteiger partial charge in [-0.15, -0.1) is 0 Å². The predicted molar refractivity (Wildman–Crippen MR) is 66.7 cm³/mol. The van der Waals surface area contributed by atoms with Crippen LogP contribution in [0.1, 0.15) is 18.4 Å². The van der Waals surface area contributed by atoms with Crippen LogP contribution in [-0.4, -0.2) is 11.9 Å². The lowest BCUT2D eigenvalue weighted by Gasteiger charge is -2.01. The Labute approximate surface area is 104 Å². The van der Waals surface area contributed by atoms with Gasteiger partial charge in [0.1, 0.15) is 0 Å². The molecule has 0 aliphatic heterocycles. The van der Waals surface area contributed by atoms with Crippen LogP contribution in [0.4, 0.5) is 0 Å². The van der Waals surface area contributed by atoms with Crippen LogP contribution in [0.15, 0.2) is 24.3 Å². The molecule has 4 heteroatoms. The maximum absolute atomic E-state index is 11.4. The maximum Gasteiger partial charge on any atom is 0.244 e. The van der Waals surface area contributed by atoms with Gasteiger partial charge in [-0.05, 0) is 31.1 Å². The third-order valence-electron chi connectivity index (χ3n) is 2.32. The van der Waals surface area contributed by atoms with Gasteiger partial charge in [-0.1, -0.05) is 29.3 Å². The summed E-state index contributed by atoms with van der Waals surface area (Å²) >= 11 is 11.9. The fourth-order valence-electron chi connectivity index (χ4n) is 1.31. The smallest absolute Gasteiger partial charge is 0.244 e. The molecule has 0 atom stereocenters. The van der Waals surface area contributed by atoms with E-state index in [1.165, 1.54) is 6.08 Å². The molecule has 0 heterocycles. The largest absolute Gasteiger partial charge is 0.350 e. The van der Waals surface area contributed by atoms with Gasteiger partial charge in [-0.25, -0.2) is 0 Å². The Hall–Kier alpha value is -0.990. The van der Waals surface area contributed by atoms with Gasteiger partial charge in [0.2, 0.25) is 5.91 Å². The minimum atomic E-state index is -0.0986. The second kappa shape index (κ2) is 4.89. The average Bonchev–Trinajstić information content (AvgIpc) is 3.01. The molecule has 84 valence electrons. The number of benzene rings is 1. The van der Waals surface area contributed by atoms with Gasteiger partial charge in [0.25, 0.3) is 0 Å². The van der Waals surface area contributed by atoms with Crippen molar-refractivity contribution in [3.8, 4) is 0 Å². The van der Waals surface area contributed by atoms with E-state index in [1.807, 2.05) is 0 Å². The molecule has 1 fully saturated rings. The van der Waals surface area contributed by atoms with Crippen molar-refractivity contribution in [3.05, 3.63) is 39.9 Å². The second-order valence-electron chi connectivity index (χ2n) is 3.75. The van der Waals surface area contributed by atoms with Crippen molar-refractivity contribution in [2.75, 3.05) is 0 Å². The van der Waals surface area contributed by atoms with Crippen LogP contribution in [0.5, 0.6) is 0 Å². The summed E-state index contributed by atoms with van der Waals surface area (Å²) in [6.07, 6.45) is 5.26. The molecule has 1 aromatic carbocycles. The monoisotopic (exact) mass is 255 g/mol. The number of carbonyl (C=O) groups excluding carboxylic acids is 1. The molecule has 16 heavy (non-hydrogen) atoms. The Morgan fingerprint density at radius 3 is 2.50 bits per heavy atom. The van der Waals surface area contributed by atoms with E-state index in [1.54, 1.807) is 24.3 Å². The minimum Gasteiger partial charge on any atom is -0.350 e. The first-order chi connectivity index (χ1) is 7.66. The van der Waals surface area contributed by atoms with Gasteiger partial charge in [-0.2, -0.15) is 0 Å². The van der Waals surface area contributed by atoms with Crippen LogP contribution in [0.25, 0.3) is 6.08 Å². The zero-order valence-electron chi connectivity index (χ0n) is 8.54. The Morgan fingerprint density at radius 2 is 1.94 bits per heavy atom. The van der Waals surface area contributed by atoms with E-state index in [9.17, 15) is 4.79 Å². The van der Waals surface area contributed by atoms with Crippen LogP contribution in [0.2, 0.25) is 10.0 Å². The summed E-state index contributed by atoms with van der Waals surface area (Å²) in [4.78, 5) is 11.4. The number of rotatable bonds is 3. The molecule has 2 nitrogen and oxygen atoms in total. The Balaban J connectivity index is 2.06. The van der Waals surface area contributed by atoms with E-state index in [0.29, 0.717) is 21.7 Å². The van der Waals surface area contributed by atoms with E-state index < -0.39 is 0 Å². The quantitative estimate of drug-likeness (QED) is 0.826. The van der Waals surface area contributed by atoms with E-state index >= 15 is 0 Å². The summed E-state index contributed by atoms with van der Waals surface area (Å²) in [6, 6.07) is 5.61. The molecule has 0 spiro atoms. The number of amides is 1. The maximum atomic E-state index is 11.4. The topological polar surface area (TPSA) is 29.1 Å². The molecule has 1 aliphatic carbocycles. The molecule has 1 N–H and O–H groups in total. The summed E-state index contributed by atoms with van der Waals surface area (Å²) < 4.78 is 0. The first kappa shape index (κ1) is 11.5. The fourth-order valence-corrected chi connectivity index (χ4v) is 1.83. The van der Waals surface area contributed by atoms with E-state index in [-0.39, 0.29) is 5.91 Å². The van der Waals surface area contributed by atoms with Crippen molar-refractivity contribution in [3.63, 3.8) is 0 Å². The highest BCUT2D eigenvalue weighted by molar-refractivity contribution is 6.37. The predicted octanol–water partition coefficient (Wildman–Crippen LogP) is 3.29. The van der Waals surface area contributed by atoms with Crippen molar-refractivity contribution in [1.82, 2.24) is 5.32 Å². The summed E-state index contributed by atoms with van der Waals surface area (Å²) in [6.45, 7) is 0. The molecule has 0 unspecified atom stereocenters. The molecule has 0 aromatic heterocycles. The molecule has 0 bridgehead atoms. The zero-order valence-corrected chi connectivity index (χ0v) is 10.1. The molecule has 1 saturated carbocycles. The van der Waals surface area contributed by atoms with Crippen molar-refractivity contribution in [2.45, 2.75) is 18.9 Å². The summed E-state index contributed by atoms with van der Waals surface area (Å²) in [5.74, 6) is -0.0986. The van der Waals surface area contributed by atoms with E-state index in [0.717, 1.165) is 12.8 Å². The lowest BCUT2D eigenvalue weighted by Crippen LogP contribution is -2.22. The lowest BCUT2D eigenvalue weighted by molar-refractivity contribution is -0.116. The van der Waals surface area contributed by atoms with Gasteiger partial charge >= 0.3 is 0 Å². The molecule has 1 aliphatic rings. The molecular weight excluding hydrogens is 245 g/mol. The Morgan fingerprint density at radius 1 is 1.31 bits per heavy atom. The van der Waals surface area contributed by atoms with Crippen LogP contribution in [-0.2, 0) is 4.79 Å². The lowest BCUT2D eigenvalue weighted by atomic mass is 10.2. The summed E-state index contributed by atoms with van der Waals surface area (Å²) in [5, 5.41) is 3.94. The number of carbonyl (C=O) groups is 1. The standard InChI is InChI=1S/C12H11Cl2NO/c13-10-2-1-3-11(14)9(10)6-7-12(16)15-8-4-5-8/h1-3,6-8H,4-5H2,(H,15,16)/b7-6-. The molecular formula is C12H11Cl2NO. The van der Waals surface area contributed by atoms with Crippen LogP contribution in [0, 0.1) is 0 Å². The number of hydrogen-bond donors (Lipinski definition) is 1. The Bertz CT molecular complexity index is 418. The van der Waals surface area contributed by atoms with Gasteiger partial charge in [0.15, 0.2) is 0 Å². The summed E-state index contributed by atoms with van der Waals surface area (Å²) in [5.41, 5.74) is 0.678.